The fraction of sp³-hybridized carbons (Fsp3) is 0. The third kappa shape index (κ3) is 2.55. The van der Waals surface area contributed by atoms with Crippen LogP contribution >= 0.6 is 11.3 Å². The quantitative estimate of drug-likeness (QED) is 0.514. The fourth-order valence-corrected chi connectivity index (χ4v) is 3.29. The van der Waals surface area contributed by atoms with Gasteiger partial charge in [-0.1, -0.05) is 42.5 Å². The Morgan fingerprint density at radius 3 is 2.52 bits per heavy atom. The molecule has 112 valence electrons. The first-order valence-corrected chi connectivity index (χ1v) is 7.91. The zero-order chi connectivity index (χ0) is 15.6. The average Bonchev–Trinajstić information content (AvgIpc) is 3.03. The third-order valence-electron chi connectivity index (χ3n) is 3.46. The van der Waals surface area contributed by atoms with Crippen molar-refractivity contribution in [3.63, 3.8) is 0 Å². The van der Waals surface area contributed by atoms with Gasteiger partial charge in [-0.05, 0) is 17.7 Å². The maximum Gasteiger partial charge on any atom is 0.231 e. The molecule has 23 heavy (non-hydrogen) atoms. The lowest BCUT2D eigenvalue weighted by atomic mass is 10.1. The van der Waals surface area contributed by atoms with Crippen LogP contribution in [0, 0.1) is 5.82 Å². The summed E-state index contributed by atoms with van der Waals surface area (Å²) in [6.45, 7) is 0. The third-order valence-corrected chi connectivity index (χ3v) is 4.35. The van der Waals surface area contributed by atoms with Crippen molar-refractivity contribution >= 4 is 21.6 Å². The summed E-state index contributed by atoms with van der Waals surface area (Å²) in [5.41, 5.74) is 2.03. The van der Waals surface area contributed by atoms with Crippen LogP contribution in [0.15, 0.2) is 66.3 Å². The van der Waals surface area contributed by atoms with Crippen molar-refractivity contribution in [2.45, 2.75) is 0 Å². The topological polar surface area (TPSA) is 35.0 Å². The second-order valence-corrected chi connectivity index (χ2v) is 5.76. The molecule has 0 bridgehead atoms. The number of hydrogen-bond donors (Lipinski definition) is 0. The van der Waals surface area contributed by atoms with Gasteiger partial charge in [-0.2, -0.15) is 0 Å². The summed E-state index contributed by atoms with van der Waals surface area (Å²) in [5.74, 6) is 0.0914. The minimum absolute atomic E-state index is 0.151. The summed E-state index contributed by atoms with van der Waals surface area (Å²) in [6, 6.07) is 16.2. The van der Waals surface area contributed by atoms with Crippen LogP contribution in [0.1, 0.15) is 0 Å². The average molecular weight is 322 g/mol. The van der Waals surface area contributed by atoms with Crippen molar-refractivity contribution in [3.05, 3.63) is 72.1 Å². The van der Waals surface area contributed by atoms with Crippen molar-refractivity contribution in [1.82, 2.24) is 9.97 Å². The van der Waals surface area contributed by atoms with Crippen LogP contribution in [0.5, 0.6) is 11.6 Å². The second-order valence-electron chi connectivity index (χ2n) is 4.91. The standard InChI is InChI=1S/C18H11FN2OS/c19-14-8-4-5-9-15(14)22-17-16-13(12-6-2-1-3-7-12)10-23-18(16)21-11-20-17/h1-11H. The summed E-state index contributed by atoms with van der Waals surface area (Å²) in [4.78, 5) is 9.30. The minimum atomic E-state index is -0.421. The Kier molecular flexibility index (Phi) is 3.48. The van der Waals surface area contributed by atoms with E-state index in [2.05, 4.69) is 9.97 Å². The highest BCUT2D eigenvalue weighted by Crippen LogP contribution is 2.39. The Hall–Kier alpha value is -2.79. The maximum atomic E-state index is 13.9. The zero-order valence-corrected chi connectivity index (χ0v) is 12.8. The van der Waals surface area contributed by atoms with E-state index in [1.807, 2.05) is 35.7 Å². The molecular formula is C18H11FN2OS. The summed E-state index contributed by atoms with van der Waals surface area (Å²) in [5, 5.41) is 2.81. The van der Waals surface area contributed by atoms with Crippen molar-refractivity contribution in [2.24, 2.45) is 0 Å². The van der Waals surface area contributed by atoms with Crippen LogP contribution in [-0.4, -0.2) is 9.97 Å². The van der Waals surface area contributed by atoms with Gasteiger partial charge in [0.1, 0.15) is 11.2 Å². The molecule has 0 aliphatic carbocycles. The molecule has 2 aromatic carbocycles. The largest absolute Gasteiger partial charge is 0.435 e. The molecule has 2 heterocycles. The predicted octanol–water partition coefficient (Wildman–Crippen LogP) is 5.29. The van der Waals surface area contributed by atoms with Gasteiger partial charge in [-0.15, -0.1) is 11.3 Å². The molecule has 0 saturated carbocycles. The number of rotatable bonds is 3. The molecule has 0 aliphatic heterocycles. The van der Waals surface area contributed by atoms with Crippen LogP contribution in [0.3, 0.4) is 0 Å². The highest BCUT2D eigenvalue weighted by Gasteiger charge is 2.15. The van der Waals surface area contributed by atoms with Crippen molar-refractivity contribution in [3.8, 4) is 22.8 Å². The van der Waals surface area contributed by atoms with E-state index < -0.39 is 5.82 Å². The first-order chi connectivity index (χ1) is 11.3. The van der Waals surface area contributed by atoms with Gasteiger partial charge in [-0.25, -0.2) is 14.4 Å². The van der Waals surface area contributed by atoms with E-state index in [0.29, 0.717) is 5.88 Å². The molecule has 4 rings (SSSR count). The van der Waals surface area contributed by atoms with E-state index in [9.17, 15) is 4.39 Å². The van der Waals surface area contributed by atoms with Crippen LogP contribution in [0.4, 0.5) is 4.39 Å². The molecule has 3 nitrogen and oxygen atoms in total. The minimum Gasteiger partial charge on any atom is -0.435 e. The second kappa shape index (κ2) is 5.78. The van der Waals surface area contributed by atoms with Gasteiger partial charge in [0.25, 0.3) is 0 Å². The highest BCUT2D eigenvalue weighted by atomic mass is 32.1. The Bertz CT molecular complexity index is 969. The first kappa shape index (κ1) is 13.8. The van der Waals surface area contributed by atoms with Crippen molar-refractivity contribution in [2.75, 3.05) is 0 Å². The van der Waals surface area contributed by atoms with Crippen molar-refractivity contribution in [1.29, 1.82) is 0 Å². The molecule has 0 N–H and O–H groups in total. The monoisotopic (exact) mass is 322 g/mol. The van der Waals surface area contributed by atoms with E-state index in [1.54, 1.807) is 18.2 Å². The smallest absolute Gasteiger partial charge is 0.231 e. The van der Waals surface area contributed by atoms with Gasteiger partial charge in [-0.3, -0.25) is 0 Å². The Morgan fingerprint density at radius 1 is 0.913 bits per heavy atom. The molecule has 0 amide bonds. The lowest BCUT2D eigenvalue weighted by Crippen LogP contribution is -1.92. The van der Waals surface area contributed by atoms with Gasteiger partial charge < -0.3 is 4.74 Å². The Morgan fingerprint density at radius 2 is 1.70 bits per heavy atom. The van der Waals surface area contributed by atoms with Crippen LogP contribution in [0.2, 0.25) is 0 Å². The van der Waals surface area contributed by atoms with Crippen LogP contribution in [-0.2, 0) is 0 Å². The van der Waals surface area contributed by atoms with Crippen LogP contribution < -0.4 is 4.74 Å². The van der Waals surface area contributed by atoms with E-state index in [4.69, 9.17) is 4.74 Å². The number of aromatic nitrogens is 2. The van der Waals surface area contributed by atoms with Crippen LogP contribution in [0.25, 0.3) is 21.3 Å². The van der Waals surface area contributed by atoms with Gasteiger partial charge >= 0.3 is 0 Å². The lowest BCUT2D eigenvalue weighted by Gasteiger charge is -2.08. The number of thiophene rings is 1. The first-order valence-electron chi connectivity index (χ1n) is 7.03. The molecule has 0 aliphatic rings. The Labute approximate surface area is 136 Å². The summed E-state index contributed by atoms with van der Waals surface area (Å²) in [7, 11) is 0. The molecule has 0 atom stereocenters. The van der Waals surface area contributed by atoms with Crippen molar-refractivity contribution < 1.29 is 9.13 Å². The number of hydrogen-bond acceptors (Lipinski definition) is 4. The fourth-order valence-electron chi connectivity index (χ4n) is 2.39. The van der Waals surface area contributed by atoms with Gasteiger partial charge in [0.05, 0.1) is 5.39 Å². The molecule has 5 heteroatoms. The number of ether oxygens (including phenoxy) is 1. The summed E-state index contributed by atoms with van der Waals surface area (Å²) < 4.78 is 19.6. The van der Waals surface area contributed by atoms with E-state index in [0.717, 1.165) is 21.3 Å². The highest BCUT2D eigenvalue weighted by molar-refractivity contribution is 7.17. The molecular weight excluding hydrogens is 311 g/mol. The maximum absolute atomic E-state index is 13.9. The zero-order valence-electron chi connectivity index (χ0n) is 11.9. The number of benzene rings is 2. The van der Waals surface area contributed by atoms with Gasteiger partial charge in [0.2, 0.25) is 5.88 Å². The summed E-state index contributed by atoms with van der Waals surface area (Å²) >= 11 is 1.51. The number of fused-ring (bicyclic) bond motifs is 1. The Balaban J connectivity index is 1.87. The molecule has 0 spiro atoms. The summed E-state index contributed by atoms with van der Waals surface area (Å²) in [6.07, 6.45) is 1.43. The SMILES string of the molecule is Fc1ccccc1Oc1ncnc2scc(-c3ccccc3)c12. The molecule has 2 aromatic heterocycles. The molecule has 0 unspecified atom stereocenters. The number of halogens is 1. The molecule has 4 aromatic rings. The normalized spacial score (nSPS) is 10.8. The predicted molar refractivity (Wildman–Crippen MR) is 89.3 cm³/mol. The number of para-hydroxylation sites is 1. The van der Waals surface area contributed by atoms with E-state index in [-0.39, 0.29) is 5.75 Å². The van der Waals surface area contributed by atoms with Gasteiger partial charge in [0, 0.05) is 10.9 Å². The molecule has 0 fully saturated rings. The van der Waals surface area contributed by atoms with E-state index in [1.165, 1.54) is 23.7 Å². The van der Waals surface area contributed by atoms with Gasteiger partial charge in [0.15, 0.2) is 11.6 Å². The van der Waals surface area contributed by atoms with E-state index >= 15 is 0 Å². The molecule has 0 radical (unpaired) electrons. The molecule has 0 saturated heterocycles. The number of nitrogens with zero attached hydrogens (tertiary/aromatic N) is 2. The lowest BCUT2D eigenvalue weighted by molar-refractivity contribution is 0.432.